The lowest BCUT2D eigenvalue weighted by Crippen LogP contribution is -2.33. The van der Waals surface area contributed by atoms with Crippen LogP contribution in [0.25, 0.3) is 10.9 Å². The van der Waals surface area contributed by atoms with Crippen molar-refractivity contribution in [1.82, 2.24) is 14.7 Å². The van der Waals surface area contributed by atoms with Crippen LogP contribution in [0, 0.1) is 0 Å². The van der Waals surface area contributed by atoms with Crippen LogP contribution in [0.2, 0.25) is 0 Å². The summed E-state index contributed by atoms with van der Waals surface area (Å²) in [5.41, 5.74) is 7.67. The summed E-state index contributed by atoms with van der Waals surface area (Å²) in [7, 11) is 1.94. The molecule has 1 heterocycles. The number of nitrogens with two attached hydrogens (primary N) is 1. The van der Waals surface area contributed by atoms with Gasteiger partial charge in [-0.3, -0.25) is 9.58 Å². The zero-order valence-electron chi connectivity index (χ0n) is 11.2. The summed E-state index contributed by atoms with van der Waals surface area (Å²) < 4.78 is 1.88. The number of amidine groups is 1. The molecule has 0 aliphatic heterocycles. The fraction of sp³-hybridized carbons (Fsp3) is 0.385. The van der Waals surface area contributed by atoms with Gasteiger partial charge in [-0.1, -0.05) is 30.3 Å². The molecule has 2 rings (SSSR count). The molecule has 0 aliphatic carbocycles. The smallest absolute Gasteiger partial charge is 0.153 e. The first kappa shape index (κ1) is 13.4. The van der Waals surface area contributed by atoms with E-state index in [0.29, 0.717) is 13.1 Å². The van der Waals surface area contributed by atoms with E-state index in [9.17, 15) is 0 Å². The molecule has 3 N–H and O–H groups in total. The molecule has 0 spiro atoms. The summed E-state index contributed by atoms with van der Waals surface area (Å²) in [6.07, 6.45) is 0. The lowest BCUT2D eigenvalue weighted by molar-refractivity contribution is 0.293. The van der Waals surface area contributed by atoms with Gasteiger partial charge in [0.05, 0.1) is 17.8 Å². The second kappa shape index (κ2) is 5.71. The van der Waals surface area contributed by atoms with Crippen LogP contribution in [0.5, 0.6) is 0 Å². The average molecular weight is 261 g/mol. The van der Waals surface area contributed by atoms with Gasteiger partial charge in [0.2, 0.25) is 0 Å². The highest BCUT2D eigenvalue weighted by Gasteiger charge is 2.12. The first-order valence-electron chi connectivity index (χ1n) is 6.25. The minimum atomic E-state index is 0.210. The normalized spacial score (nSPS) is 12.5. The van der Waals surface area contributed by atoms with Crippen molar-refractivity contribution in [3.8, 4) is 0 Å². The van der Waals surface area contributed by atoms with E-state index < -0.39 is 0 Å². The van der Waals surface area contributed by atoms with Gasteiger partial charge >= 0.3 is 0 Å². The van der Waals surface area contributed by atoms with Gasteiger partial charge in [0, 0.05) is 19.0 Å². The van der Waals surface area contributed by atoms with E-state index in [1.165, 1.54) is 0 Å². The van der Waals surface area contributed by atoms with E-state index in [1.807, 2.05) is 36.9 Å². The molecule has 102 valence electrons. The van der Waals surface area contributed by atoms with Crippen molar-refractivity contribution in [3.63, 3.8) is 0 Å². The number of para-hydroxylation sites is 1. The Morgan fingerprint density at radius 3 is 2.89 bits per heavy atom. The molecular formula is C13H19N5O. The Morgan fingerprint density at radius 2 is 2.21 bits per heavy atom. The molecule has 0 aliphatic rings. The number of nitrogens with zero attached hydrogens (tertiary/aromatic N) is 4. The fourth-order valence-corrected chi connectivity index (χ4v) is 2.16. The predicted octanol–water partition coefficient (Wildman–Crippen LogP) is 1.14. The number of fused-ring (bicyclic) bond motifs is 1. The monoisotopic (exact) mass is 261 g/mol. The summed E-state index contributed by atoms with van der Waals surface area (Å²) in [5.74, 6) is 0.210. The number of rotatable bonds is 5. The van der Waals surface area contributed by atoms with Crippen LogP contribution in [-0.2, 0) is 13.6 Å². The number of aryl methyl sites for hydroxylation is 1. The molecule has 0 unspecified atom stereocenters. The van der Waals surface area contributed by atoms with Gasteiger partial charge in [-0.2, -0.15) is 5.10 Å². The number of likely N-dealkylation sites (N-methyl/N-ethyl adjacent to an activating group) is 1. The molecule has 19 heavy (non-hydrogen) atoms. The van der Waals surface area contributed by atoms with Crippen molar-refractivity contribution in [2.24, 2.45) is 17.9 Å². The maximum atomic E-state index is 8.64. The predicted molar refractivity (Wildman–Crippen MR) is 75.1 cm³/mol. The number of aromatic nitrogens is 2. The molecule has 2 aromatic rings. The van der Waals surface area contributed by atoms with E-state index in [0.717, 1.165) is 23.1 Å². The largest absolute Gasteiger partial charge is 0.409 e. The third-order valence-corrected chi connectivity index (χ3v) is 3.17. The molecule has 1 aromatic heterocycles. The zero-order valence-corrected chi connectivity index (χ0v) is 11.2. The highest BCUT2D eigenvalue weighted by Crippen LogP contribution is 2.18. The molecule has 1 aromatic carbocycles. The number of hydrogen-bond donors (Lipinski definition) is 2. The molecule has 6 nitrogen and oxygen atoms in total. The molecule has 0 saturated heterocycles. The number of oxime groups is 1. The van der Waals surface area contributed by atoms with E-state index in [4.69, 9.17) is 10.9 Å². The van der Waals surface area contributed by atoms with E-state index in [2.05, 4.69) is 21.2 Å². The lowest BCUT2D eigenvalue weighted by Gasteiger charge is -2.18. The van der Waals surface area contributed by atoms with E-state index >= 15 is 0 Å². The average Bonchev–Trinajstić information content (AvgIpc) is 2.75. The molecule has 6 heteroatoms. The van der Waals surface area contributed by atoms with Crippen LogP contribution in [0.3, 0.4) is 0 Å². The highest BCUT2D eigenvalue weighted by atomic mass is 16.4. The van der Waals surface area contributed by atoms with Gasteiger partial charge in [-0.15, -0.1) is 0 Å². The Bertz CT molecular complexity index is 590. The zero-order chi connectivity index (χ0) is 13.8. The topological polar surface area (TPSA) is 79.7 Å². The summed E-state index contributed by atoms with van der Waals surface area (Å²) in [4.78, 5) is 2.07. The first-order valence-corrected chi connectivity index (χ1v) is 6.25. The third-order valence-electron chi connectivity index (χ3n) is 3.17. The molecule has 0 bridgehead atoms. The maximum Gasteiger partial charge on any atom is 0.153 e. The Morgan fingerprint density at radius 1 is 1.47 bits per heavy atom. The molecule has 0 radical (unpaired) electrons. The van der Waals surface area contributed by atoms with Crippen molar-refractivity contribution in [3.05, 3.63) is 30.0 Å². The second-order valence-electron chi connectivity index (χ2n) is 4.48. The van der Waals surface area contributed by atoms with Crippen LogP contribution in [0.1, 0.15) is 12.6 Å². The maximum absolute atomic E-state index is 8.64. The van der Waals surface area contributed by atoms with Gasteiger partial charge in [0.25, 0.3) is 0 Å². The van der Waals surface area contributed by atoms with Gasteiger partial charge in [0.1, 0.15) is 0 Å². The third kappa shape index (κ3) is 2.85. The number of hydrogen-bond acceptors (Lipinski definition) is 4. The van der Waals surface area contributed by atoms with Gasteiger partial charge in [-0.05, 0) is 12.6 Å². The second-order valence-corrected chi connectivity index (χ2v) is 4.48. The van der Waals surface area contributed by atoms with E-state index in [-0.39, 0.29) is 5.84 Å². The SMILES string of the molecule is CCN(CC(N)=NO)Cc1nn(C)c2ccccc12. The fourth-order valence-electron chi connectivity index (χ4n) is 2.16. The van der Waals surface area contributed by atoms with Crippen molar-refractivity contribution in [2.45, 2.75) is 13.5 Å². The van der Waals surface area contributed by atoms with Crippen molar-refractivity contribution in [1.29, 1.82) is 0 Å². The Balaban J connectivity index is 2.25. The summed E-state index contributed by atoms with van der Waals surface area (Å²) in [5, 5.41) is 17.3. The van der Waals surface area contributed by atoms with Gasteiger partial charge in [-0.25, -0.2) is 0 Å². The van der Waals surface area contributed by atoms with Crippen LogP contribution in [-0.4, -0.2) is 38.8 Å². The van der Waals surface area contributed by atoms with Crippen molar-refractivity contribution < 1.29 is 5.21 Å². The van der Waals surface area contributed by atoms with Crippen molar-refractivity contribution in [2.75, 3.05) is 13.1 Å². The quantitative estimate of drug-likeness (QED) is 0.366. The lowest BCUT2D eigenvalue weighted by atomic mass is 10.2. The molecule has 0 saturated carbocycles. The summed E-state index contributed by atoms with van der Waals surface area (Å²) in [6.45, 7) is 3.95. The van der Waals surface area contributed by atoms with Crippen molar-refractivity contribution >= 4 is 16.7 Å². The Labute approximate surface area is 112 Å². The van der Waals surface area contributed by atoms with Crippen LogP contribution in [0.15, 0.2) is 29.4 Å². The van der Waals surface area contributed by atoms with Crippen LogP contribution < -0.4 is 5.73 Å². The highest BCUT2D eigenvalue weighted by molar-refractivity contribution is 5.83. The number of benzene rings is 1. The Kier molecular flexibility index (Phi) is 4.01. The molecule has 0 fully saturated rings. The van der Waals surface area contributed by atoms with Gasteiger partial charge in [0.15, 0.2) is 5.84 Å². The first-order chi connectivity index (χ1) is 9.15. The summed E-state index contributed by atoms with van der Waals surface area (Å²) in [6, 6.07) is 8.12. The Hall–Kier alpha value is -2.08. The molecule has 0 amide bonds. The molecular weight excluding hydrogens is 242 g/mol. The summed E-state index contributed by atoms with van der Waals surface area (Å²) >= 11 is 0. The van der Waals surface area contributed by atoms with Crippen LogP contribution >= 0.6 is 0 Å². The minimum Gasteiger partial charge on any atom is -0.409 e. The van der Waals surface area contributed by atoms with Crippen LogP contribution in [0.4, 0.5) is 0 Å². The minimum absolute atomic E-state index is 0.210. The molecule has 0 atom stereocenters. The van der Waals surface area contributed by atoms with Gasteiger partial charge < -0.3 is 10.9 Å². The standard InChI is InChI=1S/C13H19N5O/c1-3-18(9-13(14)16-19)8-11-10-6-4-5-7-12(10)17(2)15-11/h4-7,19H,3,8-9H2,1-2H3,(H2,14,16). The van der Waals surface area contributed by atoms with E-state index in [1.54, 1.807) is 0 Å².